The van der Waals surface area contributed by atoms with Crippen LogP contribution in [0.15, 0.2) is 0 Å². The van der Waals surface area contributed by atoms with Gasteiger partial charge in [0, 0.05) is 0 Å². The van der Waals surface area contributed by atoms with Gasteiger partial charge in [-0.15, -0.1) is 0 Å². The van der Waals surface area contributed by atoms with E-state index in [-0.39, 0.29) is 0 Å². The number of alkyl halides is 2. The second kappa shape index (κ2) is 3.83. The molecule has 62 valence electrons. The molecule has 0 fully saturated rings. The molecule has 0 aromatic rings. The number of hydrogen-bond donors (Lipinski definition) is 1. The van der Waals surface area contributed by atoms with Crippen molar-refractivity contribution in [3.05, 3.63) is 0 Å². The molecule has 0 aromatic heterocycles. The third-order valence-electron chi connectivity index (χ3n) is 0.616. The van der Waals surface area contributed by atoms with Crippen molar-refractivity contribution < 1.29 is 13.6 Å². The molecular weight excluding hydrogens is 140 g/mol. The van der Waals surface area contributed by atoms with E-state index in [0.29, 0.717) is 0 Å². The van der Waals surface area contributed by atoms with Crippen molar-refractivity contribution >= 4 is 0 Å². The maximum atomic E-state index is 11.5. The summed E-state index contributed by atoms with van der Waals surface area (Å²) >= 11 is 0. The van der Waals surface area contributed by atoms with Gasteiger partial charge in [-0.2, -0.15) is 5.48 Å². The van der Waals surface area contributed by atoms with Crippen molar-refractivity contribution in [2.45, 2.75) is 32.8 Å². The fourth-order valence-corrected chi connectivity index (χ4v) is 0.321. The standard InChI is InChI=1S/C6H13F2NO/c1-6(2,3)10-9-4-5(7)8/h5,9H,4H2,1-3H3. The molecular formula is C6H13F2NO. The van der Waals surface area contributed by atoms with Gasteiger partial charge in [0.2, 0.25) is 0 Å². The Morgan fingerprint density at radius 2 is 1.90 bits per heavy atom. The summed E-state index contributed by atoms with van der Waals surface area (Å²) in [5, 5.41) is 0. The summed E-state index contributed by atoms with van der Waals surface area (Å²) < 4.78 is 22.9. The Kier molecular flexibility index (Phi) is 3.75. The molecule has 10 heavy (non-hydrogen) atoms. The molecule has 0 rings (SSSR count). The molecule has 0 aliphatic rings. The highest BCUT2D eigenvalue weighted by atomic mass is 19.3. The summed E-state index contributed by atoms with van der Waals surface area (Å²) in [5.74, 6) is 0. The van der Waals surface area contributed by atoms with Crippen LogP contribution < -0.4 is 5.48 Å². The van der Waals surface area contributed by atoms with Gasteiger partial charge in [-0.25, -0.2) is 8.78 Å². The third-order valence-corrected chi connectivity index (χ3v) is 0.616. The fraction of sp³-hybridized carbons (Fsp3) is 1.00. The fourth-order valence-electron chi connectivity index (χ4n) is 0.321. The molecule has 0 bridgehead atoms. The first-order valence-corrected chi connectivity index (χ1v) is 3.11. The number of hydroxylamine groups is 1. The van der Waals surface area contributed by atoms with E-state index in [4.69, 9.17) is 4.84 Å². The molecule has 0 unspecified atom stereocenters. The van der Waals surface area contributed by atoms with E-state index in [1.165, 1.54) is 0 Å². The Bertz CT molecular complexity index is 90.2. The first-order chi connectivity index (χ1) is 4.42. The van der Waals surface area contributed by atoms with Gasteiger partial charge in [-0.1, -0.05) is 0 Å². The zero-order valence-corrected chi connectivity index (χ0v) is 6.45. The Labute approximate surface area is 59.5 Å². The molecule has 0 aliphatic carbocycles. The zero-order chi connectivity index (χ0) is 8.20. The van der Waals surface area contributed by atoms with Crippen LogP contribution in [0.1, 0.15) is 20.8 Å². The summed E-state index contributed by atoms with van der Waals surface area (Å²) in [4.78, 5) is 4.81. The number of hydrogen-bond acceptors (Lipinski definition) is 2. The normalized spacial score (nSPS) is 12.6. The topological polar surface area (TPSA) is 21.3 Å². The predicted octanol–water partition coefficient (Wildman–Crippen LogP) is 1.57. The molecule has 1 N–H and O–H groups in total. The van der Waals surface area contributed by atoms with Crippen LogP contribution in [-0.2, 0) is 4.84 Å². The SMILES string of the molecule is CC(C)(C)ONCC(F)F. The predicted molar refractivity (Wildman–Crippen MR) is 34.8 cm³/mol. The lowest BCUT2D eigenvalue weighted by atomic mass is 10.2. The monoisotopic (exact) mass is 153 g/mol. The smallest absolute Gasteiger partial charge is 0.253 e. The lowest BCUT2D eigenvalue weighted by Crippen LogP contribution is -2.32. The molecule has 0 amide bonds. The van der Waals surface area contributed by atoms with Gasteiger partial charge in [0.1, 0.15) is 0 Å². The van der Waals surface area contributed by atoms with E-state index in [1.807, 2.05) is 0 Å². The maximum absolute atomic E-state index is 11.5. The van der Waals surface area contributed by atoms with Crippen molar-refractivity contribution in [2.75, 3.05) is 6.54 Å². The summed E-state index contributed by atoms with van der Waals surface area (Å²) in [7, 11) is 0. The lowest BCUT2D eigenvalue weighted by molar-refractivity contribution is -0.0864. The highest BCUT2D eigenvalue weighted by Gasteiger charge is 2.11. The summed E-state index contributed by atoms with van der Waals surface area (Å²) in [5.41, 5.74) is 1.77. The van der Waals surface area contributed by atoms with Crippen molar-refractivity contribution in [3.8, 4) is 0 Å². The minimum absolute atomic E-state index is 0.408. The van der Waals surface area contributed by atoms with Crippen LogP contribution in [0.2, 0.25) is 0 Å². The van der Waals surface area contributed by atoms with Crippen molar-refractivity contribution in [3.63, 3.8) is 0 Å². The number of nitrogens with one attached hydrogen (secondary N) is 1. The van der Waals surface area contributed by atoms with Gasteiger partial charge in [0.25, 0.3) is 6.43 Å². The molecule has 0 heterocycles. The van der Waals surface area contributed by atoms with Gasteiger partial charge in [0.05, 0.1) is 12.1 Å². The van der Waals surface area contributed by atoms with Crippen LogP contribution in [0.3, 0.4) is 0 Å². The number of rotatable bonds is 3. The minimum atomic E-state index is -2.36. The van der Waals surface area contributed by atoms with Gasteiger partial charge in [0.15, 0.2) is 0 Å². The summed E-state index contributed by atoms with van der Waals surface area (Å²) in [6.45, 7) is 4.93. The second-order valence-electron chi connectivity index (χ2n) is 2.95. The first kappa shape index (κ1) is 9.78. The average molecular weight is 153 g/mol. The Morgan fingerprint density at radius 3 is 2.20 bits per heavy atom. The first-order valence-electron chi connectivity index (χ1n) is 3.11. The average Bonchev–Trinajstić information content (AvgIpc) is 1.59. The summed E-state index contributed by atoms with van der Waals surface area (Å²) in [6.07, 6.45) is -2.36. The van der Waals surface area contributed by atoms with Crippen molar-refractivity contribution in [1.82, 2.24) is 5.48 Å². The quantitative estimate of drug-likeness (QED) is 0.621. The van der Waals surface area contributed by atoms with E-state index < -0.39 is 18.6 Å². The van der Waals surface area contributed by atoms with Crippen LogP contribution in [0, 0.1) is 0 Å². The van der Waals surface area contributed by atoms with Gasteiger partial charge >= 0.3 is 0 Å². The van der Waals surface area contributed by atoms with Crippen molar-refractivity contribution in [1.29, 1.82) is 0 Å². The lowest BCUT2D eigenvalue weighted by Gasteiger charge is -2.18. The number of halogens is 2. The van der Waals surface area contributed by atoms with Crippen LogP contribution in [-0.4, -0.2) is 18.6 Å². The largest absolute Gasteiger partial charge is 0.296 e. The molecule has 0 aliphatic heterocycles. The van der Waals surface area contributed by atoms with Gasteiger partial charge in [-0.05, 0) is 20.8 Å². The minimum Gasteiger partial charge on any atom is -0.296 e. The van der Waals surface area contributed by atoms with E-state index in [1.54, 1.807) is 20.8 Å². The Morgan fingerprint density at radius 1 is 1.40 bits per heavy atom. The van der Waals surface area contributed by atoms with Crippen LogP contribution in [0.25, 0.3) is 0 Å². The van der Waals surface area contributed by atoms with Crippen LogP contribution >= 0.6 is 0 Å². The molecule has 0 aromatic carbocycles. The Hall–Kier alpha value is -0.220. The molecule has 4 heteroatoms. The highest BCUT2D eigenvalue weighted by Crippen LogP contribution is 2.03. The molecule has 0 radical (unpaired) electrons. The third kappa shape index (κ3) is 7.78. The maximum Gasteiger partial charge on any atom is 0.253 e. The van der Waals surface area contributed by atoms with Gasteiger partial charge in [-0.3, -0.25) is 4.84 Å². The van der Waals surface area contributed by atoms with Crippen LogP contribution in [0.4, 0.5) is 8.78 Å². The van der Waals surface area contributed by atoms with E-state index >= 15 is 0 Å². The molecule has 0 saturated heterocycles. The van der Waals surface area contributed by atoms with Crippen molar-refractivity contribution in [2.24, 2.45) is 0 Å². The molecule has 0 atom stereocenters. The van der Waals surface area contributed by atoms with Gasteiger partial charge < -0.3 is 0 Å². The Balaban J connectivity index is 3.21. The van der Waals surface area contributed by atoms with Crippen LogP contribution in [0.5, 0.6) is 0 Å². The molecule has 0 saturated carbocycles. The highest BCUT2D eigenvalue weighted by molar-refractivity contribution is 4.56. The zero-order valence-electron chi connectivity index (χ0n) is 6.45. The van der Waals surface area contributed by atoms with E-state index in [0.717, 1.165) is 0 Å². The van der Waals surface area contributed by atoms with E-state index in [2.05, 4.69) is 5.48 Å². The summed E-state index contributed by atoms with van der Waals surface area (Å²) in [6, 6.07) is 0. The second-order valence-corrected chi connectivity index (χ2v) is 2.95. The molecule has 2 nitrogen and oxygen atoms in total. The molecule has 0 spiro atoms. The van der Waals surface area contributed by atoms with E-state index in [9.17, 15) is 8.78 Å².